The van der Waals surface area contributed by atoms with Gasteiger partial charge in [0.25, 0.3) is 0 Å². The van der Waals surface area contributed by atoms with Gasteiger partial charge >= 0.3 is 0 Å². The van der Waals surface area contributed by atoms with Crippen molar-refractivity contribution in [2.75, 3.05) is 13.1 Å². The van der Waals surface area contributed by atoms with E-state index in [1.54, 1.807) is 54.7 Å². The number of nitrogens with two attached hydrogens (primary N) is 3. The molecule has 2 unspecified atom stereocenters. The highest BCUT2D eigenvalue weighted by Crippen LogP contribution is 2.34. The second kappa shape index (κ2) is 26.3. The number of amides is 8. The van der Waals surface area contributed by atoms with Crippen LogP contribution in [0.15, 0.2) is 84.0 Å². The van der Waals surface area contributed by atoms with Crippen molar-refractivity contribution in [1.29, 1.82) is 0 Å². The quantitative estimate of drug-likeness (QED) is 0.0521. The summed E-state index contributed by atoms with van der Waals surface area (Å²) in [6, 6.07) is 14.9. The average molecular weight is 1020 g/mol. The lowest BCUT2D eigenvalue weighted by atomic mass is 9.76. The lowest BCUT2D eigenvalue weighted by Crippen LogP contribution is -2.67. The number of rotatable bonds is 13. The number of fused-ring (bicyclic) bond motifs is 2. The van der Waals surface area contributed by atoms with Crippen molar-refractivity contribution in [2.24, 2.45) is 22.2 Å². The molecule has 1 aliphatic heterocycles. The van der Waals surface area contributed by atoms with Crippen molar-refractivity contribution in [3.63, 3.8) is 0 Å². The number of primary amides is 1. The van der Waals surface area contributed by atoms with E-state index in [2.05, 4.69) is 47.2 Å². The van der Waals surface area contributed by atoms with Crippen LogP contribution in [0.25, 0.3) is 10.9 Å². The Hall–Kier alpha value is -7.48. The minimum absolute atomic E-state index is 0.0195. The smallest absolute Gasteiger partial charge is 0.246 e. The summed E-state index contributed by atoms with van der Waals surface area (Å²) in [5.41, 5.74) is 18.8. The molecule has 1 spiro atoms. The summed E-state index contributed by atoms with van der Waals surface area (Å²) in [6.45, 7) is 2.10. The zero-order chi connectivity index (χ0) is 52.5. The Kier molecular flexibility index (Phi) is 19.7. The Labute approximate surface area is 428 Å². The molecule has 1 aliphatic carbocycles. The number of hydrogen-bond donors (Lipinski definition) is 11. The van der Waals surface area contributed by atoms with E-state index in [0.717, 1.165) is 16.5 Å². The number of benzene rings is 3. The molecule has 21 heteroatoms. The highest BCUT2D eigenvalue weighted by Gasteiger charge is 2.46. The number of aromatic nitrogens is 1. The molecule has 1 saturated heterocycles. The minimum atomic E-state index is -1.74. The molecule has 3 aromatic carbocycles. The van der Waals surface area contributed by atoms with Gasteiger partial charge in [-0.05, 0) is 85.8 Å². The Morgan fingerprint density at radius 1 is 0.795 bits per heavy atom. The average Bonchev–Trinajstić information content (AvgIpc) is 3.77. The van der Waals surface area contributed by atoms with E-state index in [1.165, 1.54) is 0 Å². The molecule has 4 aromatic rings. The number of unbranched alkanes of at least 4 members (excludes halogenated alkanes) is 1. The van der Waals surface area contributed by atoms with E-state index < -0.39 is 89.4 Å². The molecule has 73 heavy (non-hydrogen) atoms. The molecule has 14 N–H and O–H groups in total. The molecule has 0 saturated carbocycles. The largest absolute Gasteiger partial charge is 0.370 e. The van der Waals surface area contributed by atoms with Crippen LogP contribution < -0.4 is 54.4 Å². The summed E-state index contributed by atoms with van der Waals surface area (Å²) in [7, 11) is 0. The fourth-order valence-corrected chi connectivity index (χ4v) is 9.50. The molecule has 8 amide bonds. The molecule has 0 bridgehead atoms. The van der Waals surface area contributed by atoms with Gasteiger partial charge in [-0.3, -0.25) is 43.3 Å². The van der Waals surface area contributed by atoms with Gasteiger partial charge in [0.15, 0.2) is 5.96 Å². The second-order valence-corrected chi connectivity index (χ2v) is 19.1. The molecule has 6 rings (SSSR count). The molecule has 6 atom stereocenters. The SMILES string of the molecule is CCCCC(=O)NC1CC(=O)NCCCC[C@@H](C(N)=O)NC(=O)[C@H](Cc2c[nH]c3ccccc23)NC(=O)[C@H](CCCN=C(N)N)NC(=O)[C@@H](Cc2ccccc2)NC(=O)C2(CCc3c(Cl)cccc3C2)NC1=O. The molecular weight excluding hydrogens is 956 g/mol. The third-order valence-electron chi connectivity index (χ3n) is 13.2. The van der Waals surface area contributed by atoms with Gasteiger partial charge in [0, 0.05) is 60.9 Å². The van der Waals surface area contributed by atoms with Gasteiger partial charge in [-0.1, -0.05) is 85.6 Å². The van der Waals surface area contributed by atoms with Crippen LogP contribution in [0.3, 0.4) is 0 Å². The van der Waals surface area contributed by atoms with E-state index >= 15 is 4.79 Å². The predicted molar refractivity (Wildman–Crippen MR) is 276 cm³/mol. The Morgan fingerprint density at radius 2 is 1.51 bits per heavy atom. The van der Waals surface area contributed by atoms with E-state index in [1.807, 2.05) is 31.2 Å². The summed E-state index contributed by atoms with van der Waals surface area (Å²) < 4.78 is 0. The third kappa shape index (κ3) is 15.5. The number of carbonyl (C=O) groups is 8. The van der Waals surface area contributed by atoms with Crippen LogP contribution in [0.2, 0.25) is 5.02 Å². The molecule has 2 aliphatic rings. The Bertz CT molecular complexity index is 2660. The maximum absolute atomic E-state index is 15.2. The molecule has 1 aromatic heterocycles. The number of halogens is 1. The monoisotopic (exact) mass is 1020 g/mol. The van der Waals surface area contributed by atoms with Gasteiger partial charge in [-0.25, -0.2) is 0 Å². The molecule has 390 valence electrons. The third-order valence-corrected chi connectivity index (χ3v) is 13.6. The first-order chi connectivity index (χ1) is 35.0. The van der Waals surface area contributed by atoms with Gasteiger partial charge in [0.1, 0.15) is 35.7 Å². The lowest BCUT2D eigenvalue weighted by molar-refractivity contribution is -0.139. The van der Waals surface area contributed by atoms with Crippen LogP contribution >= 0.6 is 11.6 Å². The van der Waals surface area contributed by atoms with Gasteiger partial charge in [0.2, 0.25) is 47.3 Å². The number of hydrogen-bond acceptors (Lipinski definition) is 9. The van der Waals surface area contributed by atoms with Crippen molar-refractivity contribution in [2.45, 2.75) is 133 Å². The second-order valence-electron chi connectivity index (χ2n) is 18.7. The molecule has 0 radical (unpaired) electrons. The number of nitrogens with zero attached hydrogens (tertiary/aromatic N) is 1. The van der Waals surface area contributed by atoms with Crippen LogP contribution in [-0.4, -0.2) is 107 Å². The van der Waals surface area contributed by atoms with E-state index in [9.17, 15) is 33.6 Å². The van der Waals surface area contributed by atoms with Crippen molar-refractivity contribution < 1.29 is 38.4 Å². The van der Waals surface area contributed by atoms with Gasteiger partial charge < -0.3 is 59.4 Å². The van der Waals surface area contributed by atoms with Crippen LogP contribution in [0.5, 0.6) is 0 Å². The van der Waals surface area contributed by atoms with Crippen LogP contribution in [0.4, 0.5) is 0 Å². The van der Waals surface area contributed by atoms with Gasteiger partial charge in [-0.2, -0.15) is 0 Å². The van der Waals surface area contributed by atoms with Crippen LogP contribution in [0.1, 0.15) is 93.4 Å². The molecular formula is C52H67ClN12O8. The van der Waals surface area contributed by atoms with Gasteiger partial charge in [-0.15, -0.1) is 0 Å². The topological polar surface area (TPSA) is 327 Å². The first-order valence-electron chi connectivity index (χ1n) is 24.9. The fourth-order valence-electron chi connectivity index (χ4n) is 9.21. The maximum Gasteiger partial charge on any atom is 0.246 e. The number of aliphatic imine (C=N–C) groups is 1. The number of aromatic amines is 1. The maximum atomic E-state index is 15.2. The van der Waals surface area contributed by atoms with Gasteiger partial charge in [0.05, 0.1) is 6.42 Å². The van der Waals surface area contributed by atoms with E-state index in [0.29, 0.717) is 47.4 Å². The summed E-state index contributed by atoms with van der Waals surface area (Å²) in [4.78, 5) is 121. The Morgan fingerprint density at radius 3 is 2.26 bits per heavy atom. The zero-order valence-corrected chi connectivity index (χ0v) is 41.8. The summed E-state index contributed by atoms with van der Waals surface area (Å²) >= 11 is 6.64. The first kappa shape index (κ1) is 54.8. The molecule has 20 nitrogen and oxygen atoms in total. The highest BCUT2D eigenvalue weighted by molar-refractivity contribution is 6.31. The molecule has 1 fully saturated rings. The Balaban J connectivity index is 1.41. The van der Waals surface area contributed by atoms with E-state index in [4.69, 9.17) is 28.8 Å². The minimum Gasteiger partial charge on any atom is -0.370 e. The number of nitrogens with one attached hydrogen (secondary N) is 8. The zero-order valence-electron chi connectivity index (χ0n) is 41.0. The normalized spacial score (nSPS) is 22.8. The van der Waals surface area contributed by atoms with Crippen LogP contribution in [0, 0.1) is 0 Å². The number of H-pyrrole nitrogens is 1. The fraction of sp³-hybridized carbons (Fsp3) is 0.442. The van der Waals surface area contributed by atoms with Crippen molar-refractivity contribution in [1.82, 2.24) is 42.2 Å². The number of guanidine groups is 1. The first-order valence-corrected chi connectivity index (χ1v) is 25.2. The van der Waals surface area contributed by atoms with Crippen molar-refractivity contribution in [3.8, 4) is 0 Å². The lowest BCUT2D eigenvalue weighted by Gasteiger charge is -2.39. The highest BCUT2D eigenvalue weighted by atomic mass is 35.5. The standard InChI is InChI=1S/C52H67ClN12O8/c1-2-3-21-43(66)60-42-28-44(67)57-24-10-9-19-38(45(54)68)61-48(71)41(27-33-30-59-37-18-8-7-16-35(33)37)63-46(69)39(20-12-25-58-51(55)56)62-47(70)40(26-31-13-5-4-6-14-31)64-50(73)52(65-49(42)72)23-22-34-32(29-52)15-11-17-36(34)53/h4-8,11,13-18,30,38-42,59H,2-3,9-10,12,19-29H2,1H3,(H2,54,68)(H,57,67)(H,60,66)(H,61,71)(H,62,70)(H,63,69)(H,64,73)(H,65,72)(H4,55,56,58)/t38-,39-,40+,41-,42?,52?/m0/s1. The van der Waals surface area contributed by atoms with E-state index in [-0.39, 0.29) is 76.8 Å². The number of para-hydroxylation sites is 1. The predicted octanol–water partition coefficient (Wildman–Crippen LogP) is 1.49. The summed E-state index contributed by atoms with van der Waals surface area (Å²) in [5, 5.41) is 21.0. The van der Waals surface area contributed by atoms with Crippen molar-refractivity contribution in [3.05, 3.63) is 106 Å². The summed E-state index contributed by atoms with van der Waals surface area (Å²) in [5.74, 6) is -5.85. The number of carbonyl (C=O) groups excluding carboxylic acids is 8. The summed E-state index contributed by atoms with van der Waals surface area (Å²) in [6.07, 6.45) is 3.53. The molecule has 2 heterocycles. The van der Waals surface area contributed by atoms with Crippen molar-refractivity contribution >= 4 is 75.7 Å². The van der Waals surface area contributed by atoms with Crippen LogP contribution in [-0.2, 0) is 64.0 Å².